The predicted molar refractivity (Wildman–Crippen MR) is 102 cm³/mol. The molecule has 1 aromatic carbocycles. The summed E-state index contributed by atoms with van der Waals surface area (Å²) in [6.07, 6.45) is 2.25. The Balaban J connectivity index is 2.12. The maximum atomic E-state index is 13.0. The molecule has 0 unspecified atom stereocenters. The van der Waals surface area contributed by atoms with Crippen molar-refractivity contribution in [3.8, 4) is 5.75 Å². The SMILES string of the molecule is CCCOc1c(C(N)=O)n(C)c2ccn(CC(=O)c3ccccc3)c(=O)c12. The molecule has 27 heavy (non-hydrogen) atoms. The maximum Gasteiger partial charge on any atom is 0.269 e. The number of rotatable bonds is 7. The van der Waals surface area contributed by atoms with Gasteiger partial charge >= 0.3 is 0 Å². The van der Waals surface area contributed by atoms with Crippen molar-refractivity contribution in [3.05, 3.63) is 64.2 Å². The van der Waals surface area contributed by atoms with Gasteiger partial charge in [0.15, 0.2) is 11.5 Å². The zero-order valence-electron chi connectivity index (χ0n) is 15.3. The number of primary amides is 1. The van der Waals surface area contributed by atoms with Gasteiger partial charge in [-0.05, 0) is 12.5 Å². The Kier molecular flexibility index (Phi) is 5.12. The molecule has 7 nitrogen and oxygen atoms in total. The van der Waals surface area contributed by atoms with Gasteiger partial charge in [0.05, 0.1) is 18.7 Å². The molecule has 3 rings (SSSR count). The van der Waals surface area contributed by atoms with Gasteiger partial charge in [-0.25, -0.2) is 0 Å². The van der Waals surface area contributed by atoms with Gasteiger partial charge < -0.3 is 19.6 Å². The van der Waals surface area contributed by atoms with Gasteiger partial charge in [-0.15, -0.1) is 0 Å². The first kappa shape index (κ1) is 18.4. The molecule has 0 aliphatic heterocycles. The van der Waals surface area contributed by atoms with Crippen molar-refractivity contribution in [1.29, 1.82) is 0 Å². The van der Waals surface area contributed by atoms with Crippen LogP contribution in [0.4, 0.5) is 0 Å². The normalized spacial score (nSPS) is 10.9. The fourth-order valence-corrected chi connectivity index (χ4v) is 3.07. The fourth-order valence-electron chi connectivity index (χ4n) is 3.07. The summed E-state index contributed by atoms with van der Waals surface area (Å²) >= 11 is 0. The number of carbonyl (C=O) groups is 2. The van der Waals surface area contributed by atoms with E-state index in [1.807, 2.05) is 13.0 Å². The van der Waals surface area contributed by atoms with E-state index in [-0.39, 0.29) is 29.2 Å². The lowest BCUT2D eigenvalue weighted by atomic mass is 10.1. The fraction of sp³-hybridized carbons (Fsp3) is 0.250. The highest BCUT2D eigenvalue weighted by Gasteiger charge is 2.24. The number of carbonyl (C=O) groups excluding carboxylic acids is 2. The highest BCUT2D eigenvalue weighted by molar-refractivity contribution is 6.03. The summed E-state index contributed by atoms with van der Waals surface area (Å²) in [6, 6.07) is 10.4. The second-order valence-electron chi connectivity index (χ2n) is 6.25. The molecule has 3 aromatic rings. The van der Waals surface area contributed by atoms with Crippen LogP contribution in [-0.4, -0.2) is 27.4 Å². The molecule has 2 aromatic heterocycles. The third-order valence-electron chi connectivity index (χ3n) is 4.38. The molecule has 0 saturated carbocycles. The zero-order valence-corrected chi connectivity index (χ0v) is 15.3. The summed E-state index contributed by atoms with van der Waals surface area (Å²) in [4.78, 5) is 37.4. The van der Waals surface area contributed by atoms with Crippen LogP contribution in [0.15, 0.2) is 47.4 Å². The Morgan fingerprint density at radius 3 is 2.48 bits per heavy atom. The number of nitrogens with two attached hydrogens (primary N) is 1. The number of fused-ring (bicyclic) bond motifs is 1. The largest absolute Gasteiger partial charge is 0.490 e. The van der Waals surface area contributed by atoms with Crippen LogP contribution in [0.25, 0.3) is 10.9 Å². The lowest BCUT2D eigenvalue weighted by Crippen LogP contribution is -2.24. The molecule has 0 aliphatic rings. The lowest BCUT2D eigenvalue weighted by Gasteiger charge is -2.07. The van der Waals surface area contributed by atoms with Crippen LogP contribution < -0.4 is 16.0 Å². The molecule has 0 bridgehead atoms. The first-order valence-corrected chi connectivity index (χ1v) is 8.68. The number of aromatic nitrogens is 2. The Bertz CT molecular complexity index is 1060. The van der Waals surface area contributed by atoms with Crippen LogP contribution in [0.3, 0.4) is 0 Å². The number of ketones is 1. The van der Waals surface area contributed by atoms with E-state index in [4.69, 9.17) is 10.5 Å². The van der Waals surface area contributed by atoms with Crippen molar-refractivity contribution >= 4 is 22.6 Å². The Labute approximate surface area is 156 Å². The van der Waals surface area contributed by atoms with E-state index in [0.29, 0.717) is 24.1 Å². The summed E-state index contributed by atoms with van der Waals surface area (Å²) < 4.78 is 8.56. The second-order valence-corrected chi connectivity index (χ2v) is 6.25. The monoisotopic (exact) mass is 367 g/mol. The quantitative estimate of drug-likeness (QED) is 0.647. The van der Waals surface area contributed by atoms with Gasteiger partial charge in [0.1, 0.15) is 11.1 Å². The highest BCUT2D eigenvalue weighted by Crippen LogP contribution is 2.30. The molecular weight excluding hydrogens is 346 g/mol. The molecule has 140 valence electrons. The number of nitrogens with zero attached hydrogens (tertiary/aromatic N) is 2. The predicted octanol–water partition coefficient (Wildman–Crippen LogP) is 2.11. The molecule has 0 fully saturated rings. The van der Waals surface area contributed by atoms with E-state index in [0.717, 1.165) is 0 Å². The molecule has 7 heteroatoms. The standard InChI is InChI=1S/C20H21N3O4/c1-3-11-27-18-16-14(22(2)17(18)19(21)25)9-10-23(20(16)26)12-15(24)13-7-5-4-6-8-13/h4-10H,3,11-12H2,1-2H3,(H2,21,25). The third-order valence-corrected chi connectivity index (χ3v) is 4.38. The molecule has 0 aliphatic carbocycles. The van der Waals surface area contributed by atoms with Crippen molar-refractivity contribution in [2.45, 2.75) is 19.9 Å². The average Bonchev–Trinajstić information content (AvgIpc) is 2.95. The summed E-state index contributed by atoms with van der Waals surface area (Å²) in [7, 11) is 1.65. The topological polar surface area (TPSA) is 96.3 Å². The van der Waals surface area contributed by atoms with E-state index in [1.165, 1.54) is 4.57 Å². The number of hydrogen-bond donors (Lipinski definition) is 1. The van der Waals surface area contributed by atoms with E-state index in [9.17, 15) is 14.4 Å². The van der Waals surface area contributed by atoms with Gasteiger partial charge in [-0.1, -0.05) is 37.3 Å². The molecule has 2 heterocycles. The minimum Gasteiger partial charge on any atom is -0.490 e. The number of ether oxygens (including phenoxy) is 1. The first-order valence-electron chi connectivity index (χ1n) is 8.68. The van der Waals surface area contributed by atoms with Gasteiger partial charge in [-0.2, -0.15) is 0 Å². The zero-order chi connectivity index (χ0) is 19.6. The van der Waals surface area contributed by atoms with Crippen molar-refractivity contribution < 1.29 is 14.3 Å². The lowest BCUT2D eigenvalue weighted by molar-refractivity contribution is 0.0967. The summed E-state index contributed by atoms with van der Waals surface area (Å²) in [5.74, 6) is -0.682. The summed E-state index contributed by atoms with van der Waals surface area (Å²) in [5, 5.41) is 0.253. The van der Waals surface area contributed by atoms with Gasteiger partial charge in [0.25, 0.3) is 11.5 Å². The third kappa shape index (κ3) is 3.36. The number of aryl methyl sites for hydroxylation is 1. The number of pyridine rings is 1. The van der Waals surface area contributed by atoms with Gasteiger partial charge in [0.2, 0.25) is 0 Å². The van der Waals surface area contributed by atoms with Gasteiger partial charge in [0, 0.05) is 18.8 Å². The van der Waals surface area contributed by atoms with Crippen LogP contribution in [-0.2, 0) is 13.6 Å². The second kappa shape index (κ2) is 7.49. The van der Waals surface area contributed by atoms with E-state index in [2.05, 4.69) is 0 Å². The molecule has 0 spiro atoms. The van der Waals surface area contributed by atoms with Crippen molar-refractivity contribution in [1.82, 2.24) is 9.13 Å². The van der Waals surface area contributed by atoms with E-state index < -0.39 is 11.5 Å². The minimum absolute atomic E-state index is 0.104. The van der Waals surface area contributed by atoms with Crippen LogP contribution in [0, 0.1) is 0 Å². The van der Waals surface area contributed by atoms with Crippen LogP contribution >= 0.6 is 0 Å². The number of benzene rings is 1. The molecule has 2 N–H and O–H groups in total. The smallest absolute Gasteiger partial charge is 0.269 e. The number of amides is 1. The maximum absolute atomic E-state index is 13.0. The van der Waals surface area contributed by atoms with Crippen LogP contribution in [0.2, 0.25) is 0 Å². The molecule has 0 atom stereocenters. The summed E-state index contributed by atoms with van der Waals surface area (Å²) in [6.45, 7) is 2.16. The Hall–Kier alpha value is -3.35. The molecule has 0 radical (unpaired) electrons. The molecule has 1 amide bonds. The Morgan fingerprint density at radius 2 is 1.85 bits per heavy atom. The first-order chi connectivity index (χ1) is 13.0. The van der Waals surface area contributed by atoms with Crippen molar-refractivity contribution in [2.75, 3.05) is 6.61 Å². The van der Waals surface area contributed by atoms with E-state index in [1.54, 1.807) is 48.1 Å². The van der Waals surface area contributed by atoms with Gasteiger partial charge in [-0.3, -0.25) is 14.4 Å². The minimum atomic E-state index is -0.675. The average molecular weight is 367 g/mol. The molecule has 0 saturated heterocycles. The Morgan fingerprint density at radius 1 is 1.15 bits per heavy atom. The van der Waals surface area contributed by atoms with Crippen LogP contribution in [0.5, 0.6) is 5.75 Å². The van der Waals surface area contributed by atoms with E-state index >= 15 is 0 Å². The molecular formula is C20H21N3O4. The van der Waals surface area contributed by atoms with Crippen molar-refractivity contribution in [2.24, 2.45) is 12.8 Å². The van der Waals surface area contributed by atoms with Crippen molar-refractivity contribution in [3.63, 3.8) is 0 Å². The van der Waals surface area contributed by atoms with Crippen LogP contribution in [0.1, 0.15) is 34.2 Å². The number of Topliss-reactive ketones (excluding diaryl/α,β-unsaturated/α-hetero) is 1. The summed E-state index contributed by atoms with van der Waals surface area (Å²) in [5.41, 5.74) is 6.29. The highest BCUT2D eigenvalue weighted by atomic mass is 16.5. The number of hydrogen-bond acceptors (Lipinski definition) is 4.